The number of hydrogen-bond acceptors (Lipinski definition) is 3. The van der Waals surface area contributed by atoms with Gasteiger partial charge in [-0.05, 0) is 40.9 Å². The van der Waals surface area contributed by atoms with E-state index in [0.29, 0.717) is 15.8 Å². The van der Waals surface area contributed by atoms with Gasteiger partial charge in [-0.15, -0.1) is 0 Å². The average molecular weight is 326 g/mol. The van der Waals surface area contributed by atoms with Crippen molar-refractivity contribution in [3.63, 3.8) is 0 Å². The predicted octanol–water partition coefficient (Wildman–Crippen LogP) is 2.70. The first-order chi connectivity index (χ1) is 9.20. The molecule has 1 saturated carbocycles. The summed E-state index contributed by atoms with van der Waals surface area (Å²) >= 11 is 3.31. The van der Waals surface area contributed by atoms with Gasteiger partial charge in [0.15, 0.2) is 12.9 Å². The Bertz CT molecular complexity index is 470. The van der Waals surface area contributed by atoms with Crippen LogP contribution in [0.25, 0.3) is 0 Å². The van der Waals surface area contributed by atoms with Crippen LogP contribution in [0, 0.1) is 0 Å². The number of hydrogen-bond donors (Lipinski definition) is 1. The van der Waals surface area contributed by atoms with Crippen LogP contribution >= 0.6 is 15.9 Å². The van der Waals surface area contributed by atoms with E-state index in [0.717, 1.165) is 19.1 Å². The Morgan fingerprint density at radius 2 is 2.16 bits per heavy atom. The molecule has 1 N–H and O–H groups in total. The smallest absolute Gasteiger partial charge is 0.258 e. The van der Waals surface area contributed by atoms with Crippen molar-refractivity contribution in [1.82, 2.24) is 5.32 Å². The first-order valence-electron chi connectivity index (χ1n) is 6.36. The number of ether oxygens (including phenoxy) is 1. The maximum absolute atomic E-state index is 11.7. The Kier molecular flexibility index (Phi) is 4.96. The number of carbonyl (C=O) groups excluding carboxylic acids is 2. The van der Waals surface area contributed by atoms with Crippen molar-refractivity contribution in [2.75, 3.05) is 6.61 Å². The van der Waals surface area contributed by atoms with Crippen LogP contribution in [-0.2, 0) is 4.79 Å². The quantitative estimate of drug-likeness (QED) is 0.847. The van der Waals surface area contributed by atoms with Gasteiger partial charge in [0.05, 0.1) is 10.0 Å². The minimum atomic E-state index is -0.139. The number of carbonyl (C=O) groups is 2. The second-order valence-corrected chi connectivity index (χ2v) is 5.47. The summed E-state index contributed by atoms with van der Waals surface area (Å²) in [6.07, 6.45) is 5.15. The van der Waals surface area contributed by atoms with Crippen molar-refractivity contribution in [2.45, 2.75) is 31.7 Å². The lowest BCUT2D eigenvalue weighted by atomic mass is 10.2. The molecule has 5 heteroatoms. The Labute approximate surface area is 120 Å². The van der Waals surface area contributed by atoms with Gasteiger partial charge < -0.3 is 10.1 Å². The molecule has 0 unspecified atom stereocenters. The van der Waals surface area contributed by atoms with E-state index in [1.54, 1.807) is 18.2 Å². The fraction of sp³-hybridized carbons (Fsp3) is 0.429. The Morgan fingerprint density at radius 1 is 1.42 bits per heavy atom. The average Bonchev–Trinajstić information content (AvgIpc) is 2.89. The monoisotopic (exact) mass is 325 g/mol. The van der Waals surface area contributed by atoms with Crippen LogP contribution in [0.3, 0.4) is 0 Å². The molecule has 1 aromatic rings. The molecule has 0 aromatic heterocycles. The van der Waals surface area contributed by atoms with E-state index in [9.17, 15) is 9.59 Å². The Balaban J connectivity index is 1.91. The van der Waals surface area contributed by atoms with Gasteiger partial charge in [-0.3, -0.25) is 9.59 Å². The third kappa shape index (κ3) is 3.80. The van der Waals surface area contributed by atoms with Crippen molar-refractivity contribution in [3.8, 4) is 5.75 Å². The van der Waals surface area contributed by atoms with Gasteiger partial charge >= 0.3 is 0 Å². The second kappa shape index (κ2) is 6.70. The van der Waals surface area contributed by atoms with E-state index in [1.807, 2.05) is 0 Å². The molecule has 0 atom stereocenters. The summed E-state index contributed by atoms with van der Waals surface area (Å²) in [4.78, 5) is 22.6. The van der Waals surface area contributed by atoms with Crippen molar-refractivity contribution >= 4 is 28.1 Å². The molecular weight excluding hydrogens is 310 g/mol. The predicted molar refractivity (Wildman–Crippen MR) is 75.4 cm³/mol. The SMILES string of the molecule is O=Cc1cccc(Br)c1OCC(=O)NC1CCCC1. The molecule has 1 fully saturated rings. The Morgan fingerprint density at radius 3 is 2.84 bits per heavy atom. The van der Waals surface area contributed by atoms with Gasteiger partial charge in [-0.25, -0.2) is 0 Å². The van der Waals surface area contributed by atoms with Gasteiger partial charge in [-0.1, -0.05) is 18.9 Å². The molecule has 102 valence electrons. The van der Waals surface area contributed by atoms with Crippen LogP contribution in [0.5, 0.6) is 5.75 Å². The van der Waals surface area contributed by atoms with Crippen molar-refractivity contribution < 1.29 is 14.3 Å². The number of nitrogens with one attached hydrogen (secondary N) is 1. The highest BCUT2D eigenvalue weighted by molar-refractivity contribution is 9.10. The zero-order valence-electron chi connectivity index (χ0n) is 10.5. The maximum Gasteiger partial charge on any atom is 0.258 e. The van der Waals surface area contributed by atoms with E-state index in [1.165, 1.54) is 12.8 Å². The van der Waals surface area contributed by atoms with E-state index in [-0.39, 0.29) is 18.6 Å². The highest BCUT2D eigenvalue weighted by Crippen LogP contribution is 2.27. The molecule has 1 aliphatic rings. The molecule has 1 aliphatic carbocycles. The van der Waals surface area contributed by atoms with Crippen LogP contribution < -0.4 is 10.1 Å². The molecule has 0 aliphatic heterocycles. The van der Waals surface area contributed by atoms with Crippen LogP contribution in [0.2, 0.25) is 0 Å². The van der Waals surface area contributed by atoms with Crippen molar-refractivity contribution in [3.05, 3.63) is 28.2 Å². The molecule has 0 radical (unpaired) electrons. The topological polar surface area (TPSA) is 55.4 Å². The normalized spacial score (nSPS) is 15.2. The van der Waals surface area contributed by atoms with Crippen LogP contribution in [0.1, 0.15) is 36.0 Å². The summed E-state index contributed by atoms with van der Waals surface area (Å²) in [6, 6.07) is 5.46. The van der Waals surface area contributed by atoms with Crippen LogP contribution in [0.15, 0.2) is 22.7 Å². The Hall–Kier alpha value is -1.36. The number of amides is 1. The number of benzene rings is 1. The molecule has 1 aromatic carbocycles. The maximum atomic E-state index is 11.7. The van der Waals surface area contributed by atoms with E-state index >= 15 is 0 Å². The highest BCUT2D eigenvalue weighted by Gasteiger charge is 2.17. The first kappa shape index (κ1) is 14.1. The molecule has 19 heavy (non-hydrogen) atoms. The number of halogens is 1. The fourth-order valence-electron chi connectivity index (χ4n) is 2.25. The number of para-hydroxylation sites is 1. The van der Waals surface area contributed by atoms with Gasteiger partial charge in [0.2, 0.25) is 0 Å². The minimum Gasteiger partial charge on any atom is -0.482 e. The van der Waals surface area contributed by atoms with E-state index < -0.39 is 0 Å². The second-order valence-electron chi connectivity index (χ2n) is 4.61. The molecule has 0 bridgehead atoms. The molecule has 2 rings (SSSR count). The van der Waals surface area contributed by atoms with Gasteiger partial charge in [0, 0.05) is 6.04 Å². The first-order valence-corrected chi connectivity index (χ1v) is 7.16. The molecule has 0 spiro atoms. The lowest BCUT2D eigenvalue weighted by molar-refractivity contribution is -0.123. The van der Waals surface area contributed by atoms with E-state index in [2.05, 4.69) is 21.2 Å². The summed E-state index contributed by atoms with van der Waals surface area (Å²) in [6.45, 7) is -0.0695. The number of aldehydes is 1. The third-order valence-electron chi connectivity index (χ3n) is 3.19. The van der Waals surface area contributed by atoms with Gasteiger partial charge in [0.1, 0.15) is 5.75 Å². The number of rotatable bonds is 5. The summed E-state index contributed by atoms with van der Waals surface area (Å²) in [5.41, 5.74) is 0.433. The third-order valence-corrected chi connectivity index (χ3v) is 3.82. The lowest BCUT2D eigenvalue weighted by Gasteiger charge is -2.13. The summed E-state index contributed by atoms with van der Waals surface area (Å²) in [5.74, 6) is 0.276. The van der Waals surface area contributed by atoms with Crippen molar-refractivity contribution in [1.29, 1.82) is 0 Å². The molecule has 0 heterocycles. The summed E-state index contributed by atoms with van der Waals surface area (Å²) < 4.78 is 6.11. The standard InChI is InChI=1S/C14H16BrNO3/c15-12-7-3-4-10(8-17)14(12)19-9-13(18)16-11-5-1-2-6-11/h3-4,7-8,11H,1-2,5-6,9H2,(H,16,18). The molecule has 1 amide bonds. The largest absolute Gasteiger partial charge is 0.482 e. The molecular formula is C14H16BrNO3. The van der Waals surface area contributed by atoms with Gasteiger partial charge in [0.25, 0.3) is 5.91 Å². The highest BCUT2D eigenvalue weighted by atomic mass is 79.9. The lowest BCUT2D eigenvalue weighted by Crippen LogP contribution is -2.36. The summed E-state index contributed by atoms with van der Waals surface area (Å²) in [7, 11) is 0. The minimum absolute atomic E-state index is 0.0695. The zero-order valence-corrected chi connectivity index (χ0v) is 12.1. The van der Waals surface area contributed by atoms with Crippen molar-refractivity contribution in [2.24, 2.45) is 0 Å². The zero-order chi connectivity index (χ0) is 13.7. The fourth-order valence-corrected chi connectivity index (χ4v) is 2.74. The molecule has 4 nitrogen and oxygen atoms in total. The summed E-state index contributed by atoms with van der Waals surface area (Å²) in [5, 5.41) is 2.94. The van der Waals surface area contributed by atoms with E-state index in [4.69, 9.17) is 4.74 Å². The van der Waals surface area contributed by atoms with Gasteiger partial charge in [-0.2, -0.15) is 0 Å². The molecule has 0 saturated heterocycles. The van der Waals surface area contributed by atoms with Crippen LogP contribution in [0.4, 0.5) is 0 Å². The van der Waals surface area contributed by atoms with Crippen LogP contribution in [-0.4, -0.2) is 24.8 Å².